The second kappa shape index (κ2) is 17.7. The van der Waals surface area contributed by atoms with Crippen LogP contribution in [0.4, 0.5) is 5.69 Å². The molecule has 2 heterocycles. The van der Waals surface area contributed by atoms with Gasteiger partial charge in [0.15, 0.2) is 16.7 Å². The summed E-state index contributed by atoms with van der Waals surface area (Å²) in [6.07, 6.45) is 0. The van der Waals surface area contributed by atoms with E-state index in [1.807, 2.05) is 0 Å². The van der Waals surface area contributed by atoms with Gasteiger partial charge in [-0.25, -0.2) is 4.79 Å². The van der Waals surface area contributed by atoms with Crippen molar-refractivity contribution in [3.05, 3.63) is 63.7 Å². The zero-order valence-corrected chi connectivity index (χ0v) is 32.6. The van der Waals surface area contributed by atoms with Crippen LogP contribution in [-0.2, 0) is 50.2 Å². The van der Waals surface area contributed by atoms with Gasteiger partial charge in [0.25, 0.3) is 27.4 Å². The van der Waals surface area contributed by atoms with E-state index in [2.05, 4.69) is 31.0 Å². The highest BCUT2D eigenvalue weighted by Crippen LogP contribution is 2.57. The zero-order valence-electron chi connectivity index (χ0n) is 31.0. The number of nitro benzene ring substituents is 1. The van der Waals surface area contributed by atoms with Crippen molar-refractivity contribution in [2.45, 2.75) is 82.2 Å². The topological polar surface area (TPSA) is 238 Å². The molecule has 0 aliphatic carbocycles. The molecule has 18 nitrogen and oxygen atoms in total. The number of nitro groups is 1. The van der Waals surface area contributed by atoms with Crippen LogP contribution in [0, 0.1) is 10.1 Å². The van der Waals surface area contributed by atoms with Gasteiger partial charge < -0.3 is 29.2 Å². The van der Waals surface area contributed by atoms with Crippen LogP contribution in [0.5, 0.6) is 11.5 Å². The lowest BCUT2D eigenvalue weighted by molar-refractivity contribution is -0.384. The summed E-state index contributed by atoms with van der Waals surface area (Å²) in [5.41, 5.74) is -2.12. The maximum absolute atomic E-state index is 13.5. The fraction of sp³-hybridized carbons (Fsp3) is 0.500. The Bertz CT molecular complexity index is 1860. The van der Waals surface area contributed by atoms with Gasteiger partial charge in [-0.2, -0.15) is 8.42 Å². The first kappa shape index (κ1) is 43.8. The number of esters is 3. The maximum Gasteiger partial charge on any atom is 0.361 e. The smallest absolute Gasteiger partial charge is 0.361 e. The number of carbonyl (C=O) groups is 5. The second-order valence-electron chi connectivity index (χ2n) is 12.5. The first-order chi connectivity index (χ1) is 25.2. The van der Waals surface area contributed by atoms with Crippen LogP contribution in [0.2, 0.25) is 0 Å². The number of hydrogen-bond acceptors (Lipinski definition) is 15. The third-order valence-electron chi connectivity index (χ3n) is 8.66. The summed E-state index contributed by atoms with van der Waals surface area (Å²) in [6, 6.07) is 6.90. The predicted octanol–water partition coefficient (Wildman–Crippen LogP) is 2.99. The van der Waals surface area contributed by atoms with Gasteiger partial charge in [-0.05, 0) is 68.9 Å². The first-order valence-electron chi connectivity index (χ1n) is 16.6. The van der Waals surface area contributed by atoms with Crippen molar-refractivity contribution in [3.8, 4) is 11.5 Å². The molecule has 54 heavy (non-hydrogen) atoms. The van der Waals surface area contributed by atoms with Crippen molar-refractivity contribution in [3.63, 3.8) is 0 Å². The van der Waals surface area contributed by atoms with Crippen LogP contribution < -0.4 is 14.8 Å². The highest BCUT2D eigenvalue weighted by atomic mass is 32.2. The molecule has 0 aromatic heterocycles. The lowest BCUT2D eigenvalue weighted by atomic mass is 9.91. The minimum absolute atomic E-state index is 0.163. The number of amides is 2. The van der Waals surface area contributed by atoms with E-state index < -0.39 is 77.7 Å². The largest absolute Gasteiger partial charge is 0.457 e. The fourth-order valence-corrected chi connectivity index (χ4v) is 8.51. The Hall–Kier alpha value is -4.63. The van der Waals surface area contributed by atoms with Gasteiger partial charge >= 0.3 is 17.9 Å². The van der Waals surface area contributed by atoms with Crippen molar-refractivity contribution in [1.82, 2.24) is 15.1 Å². The molecule has 2 fully saturated rings. The monoisotopic (exact) mass is 796 g/mol. The SMILES string of the molecule is CCN(CC)CC.CO[C@@]1(C(=O)OCc2ccc([N+](=O)[O-])cc2)N2C(=O)[C@H](NC(=O)[C@H](c3ccc(OC(C)=O)c(OC(C)=O)c3)S(=O)(=O)O)[C@H]2SC1(C)C. The predicted molar refractivity (Wildman–Crippen MR) is 194 cm³/mol. The Morgan fingerprint density at radius 2 is 1.56 bits per heavy atom. The molecule has 2 aliphatic rings. The zero-order chi connectivity index (χ0) is 40.8. The summed E-state index contributed by atoms with van der Waals surface area (Å²) in [5, 5.41) is 9.97. The van der Waals surface area contributed by atoms with Gasteiger partial charge in [0.2, 0.25) is 5.91 Å². The standard InChI is InChI=1S/C28H29N3O14S2.C6H15N/c1-14(32)44-19-11-8-17(12-20(19)45-15(2)33)22(47(39,40)41)23(34)29-21-24(35)30-25(21)46-27(3,4)28(30,42-5)26(36)43-13-16-6-9-18(10-7-16)31(37)38;1-4-7(5-2)6-3/h6-12,21-22,25H,13H2,1-5H3,(H,29,34)(H,39,40,41);4-6H2,1-3H3/t21-,22-,25+,28+;/m0./s1. The number of rotatable bonds is 14. The Labute approximate surface area is 316 Å². The van der Waals surface area contributed by atoms with Gasteiger partial charge in [0.1, 0.15) is 18.0 Å². The van der Waals surface area contributed by atoms with Crippen molar-refractivity contribution >= 4 is 57.3 Å². The fourth-order valence-electron chi connectivity index (χ4n) is 5.98. The summed E-state index contributed by atoms with van der Waals surface area (Å²) in [6.45, 7) is 15.1. The van der Waals surface area contributed by atoms with E-state index in [-0.39, 0.29) is 23.6 Å². The number of ether oxygens (including phenoxy) is 4. The quantitative estimate of drug-likeness (QED) is 0.0698. The lowest BCUT2D eigenvalue weighted by Gasteiger charge is -2.49. The molecule has 0 bridgehead atoms. The van der Waals surface area contributed by atoms with Crippen LogP contribution in [0.3, 0.4) is 0 Å². The highest BCUT2D eigenvalue weighted by Gasteiger charge is 2.74. The molecule has 0 radical (unpaired) electrons. The number of carbonyl (C=O) groups excluding carboxylic acids is 5. The number of nitrogens with zero attached hydrogens (tertiary/aromatic N) is 3. The summed E-state index contributed by atoms with van der Waals surface area (Å²) >= 11 is 1.06. The minimum atomic E-state index is -5.20. The lowest BCUT2D eigenvalue weighted by Crippen LogP contribution is -2.76. The molecule has 4 atom stereocenters. The van der Waals surface area contributed by atoms with Gasteiger partial charge in [-0.1, -0.05) is 26.8 Å². The molecule has 0 spiro atoms. The summed E-state index contributed by atoms with van der Waals surface area (Å²) < 4.78 is 54.7. The van der Waals surface area contributed by atoms with Crippen molar-refractivity contribution < 1.29 is 60.8 Å². The van der Waals surface area contributed by atoms with Crippen molar-refractivity contribution in [1.29, 1.82) is 0 Å². The Kier molecular flexibility index (Phi) is 14.3. The molecule has 2 saturated heterocycles. The maximum atomic E-state index is 13.5. The summed E-state index contributed by atoms with van der Waals surface area (Å²) in [5.74, 6) is -5.44. The molecule has 0 unspecified atom stereocenters. The van der Waals surface area contributed by atoms with Crippen LogP contribution in [0.15, 0.2) is 42.5 Å². The summed E-state index contributed by atoms with van der Waals surface area (Å²) in [7, 11) is -4.01. The average molecular weight is 797 g/mol. The number of methoxy groups -OCH3 is 1. The van der Waals surface area contributed by atoms with E-state index in [1.54, 1.807) is 13.8 Å². The molecule has 2 aliphatic heterocycles. The molecule has 2 aromatic carbocycles. The van der Waals surface area contributed by atoms with Crippen molar-refractivity contribution in [2.75, 3.05) is 26.7 Å². The van der Waals surface area contributed by atoms with Crippen LogP contribution >= 0.6 is 11.8 Å². The van der Waals surface area contributed by atoms with Gasteiger partial charge in [0, 0.05) is 33.1 Å². The van der Waals surface area contributed by atoms with E-state index in [4.69, 9.17) is 18.9 Å². The number of benzene rings is 2. The van der Waals surface area contributed by atoms with Gasteiger partial charge in [-0.15, -0.1) is 11.8 Å². The van der Waals surface area contributed by atoms with E-state index in [0.29, 0.717) is 5.56 Å². The number of fused-ring (bicyclic) bond motifs is 1. The molecular formula is C34H44N4O14S2. The Morgan fingerprint density at radius 1 is 1.00 bits per heavy atom. The van der Waals surface area contributed by atoms with Crippen LogP contribution in [0.25, 0.3) is 0 Å². The molecule has 2 N–H and O–H groups in total. The van der Waals surface area contributed by atoms with E-state index in [9.17, 15) is 47.1 Å². The molecular weight excluding hydrogens is 753 g/mol. The summed E-state index contributed by atoms with van der Waals surface area (Å²) in [4.78, 5) is 77.2. The molecule has 2 amide bonds. The number of hydrogen-bond donors (Lipinski definition) is 2. The third-order valence-corrected chi connectivity index (χ3v) is 11.3. The van der Waals surface area contributed by atoms with E-state index in [1.165, 1.54) is 51.0 Å². The molecule has 296 valence electrons. The van der Waals surface area contributed by atoms with E-state index >= 15 is 0 Å². The Morgan fingerprint density at radius 3 is 2.02 bits per heavy atom. The van der Waals surface area contributed by atoms with Crippen molar-refractivity contribution in [2.24, 2.45) is 0 Å². The third kappa shape index (κ3) is 9.35. The second-order valence-corrected chi connectivity index (χ2v) is 15.7. The molecule has 0 saturated carbocycles. The first-order valence-corrected chi connectivity index (χ1v) is 19.0. The van der Waals surface area contributed by atoms with Crippen LogP contribution in [-0.4, -0.2) is 106 Å². The molecule has 4 rings (SSSR count). The number of nitrogens with one attached hydrogen (secondary N) is 1. The van der Waals surface area contributed by atoms with E-state index in [0.717, 1.165) is 48.7 Å². The number of thioether (sulfide) groups is 1. The normalized spacial score (nSPS) is 20.4. The van der Waals surface area contributed by atoms with Crippen LogP contribution in [0.1, 0.15) is 64.8 Å². The number of non-ortho nitro benzene ring substituents is 1. The average Bonchev–Trinajstić information content (AvgIpc) is 3.31. The molecule has 2 aromatic rings. The number of β-lactam (4-membered cyclic amide) rings is 1. The van der Waals surface area contributed by atoms with Gasteiger partial charge in [0.05, 0.1) is 9.67 Å². The van der Waals surface area contributed by atoms with Gasteiger partial charge in [-0.3, -0.25) is 38.7 Å². The minimum Gasteiger partial charge on any atom is -0.457 e. The molecule has 20 heteroatoms. The Balaban J connectivity index is 0.00000102. The highest BCUT2D eigenvalue weighted by molar-refractivity contribution is 8.01.